The van der Waals surface area contributed by atoms with Crippen LogP contribution in [0.2, 0.25) is 0 Å². The van der Waals surface area contributed by atoms with Crippen molar-refractivity contribution >= 4 is 21.5 Å². The highest BCUT2D eigenvalue weighted by molar-refractivity contribution is 7.91. The van der Waals surface area contributed by atoms with Crippen molar-refractivity contribution in [3.8, 4) is 0 Å². The number of rotatable bonds is 5. The van der Waals surface area contributed by atoms with E-state index >= 15 is 0 Å². The Kier molecular flexibility index (Phi) is 5.57. The van der Waals surface area contributed by atoms with Crippen molar-refractivity contribution in [2.24, 2.45) is 10.9 Å². The molecule has 2 saturated heterocycles. The van der Waals surface area contributed by atoms with Crippen molar-refractivity contribution in [3.05, 3.63) is 30.3 Å². The molecule has 0 amide bonds. The van der Waals surface area contributed by atoms with Crippen molar-refractivity contribution in [2.75, 3.05) is 36.0 Å². The average molecular weight is 391 g/mol. The Morgan fingerprint density at radius 1 is 1.00 bits per heavy atom. The SMILES string of the molecule is O=S1(=O)CCC(CN=C(NC2CC2)NC2CCN(c3ccccc3)CC2)C1. The summed E-state index contributed by atoms with van der Waals surface area (Å²) in [5.74, 6) is 1.67. The van der Waals surface area contributed by atoms with Crippen LogP contribution in [0.1, 0.15) is 32.1 Å². The first-order valence-electron chi connectivity index (χ1n) is 10.2. The van der Waals surface area contributed by atoms with Crippen molar-refractivity contribution in [3.63, 3.8) is 0 Å². The van der Waals surface area contributed by atoms with Gasteiger partial charge in [-0.3, -0.25) is 4.99 Å². The second-order valence-corrected chi connectivity index (χ2v) is 10.3. The number of hydrogen-bond donors (Lipinski definition) is 2. The van der Waals surface area contributed by atoms with Crippen LogP contribution in [0.25, 0.3) is 0 Å². The number of piperidine rings is 1. The van der Waals surface area contributed by atoms with Gasteiger partial charge < -0.3 is 15.5 Å². The highest BCUT2D eigenvalue weighted by Crippen LogP contribution is 2.22. The van der Waals surface area contributed by atoms with Crippen LogP contribution in [0.15, 0.2) is 35.3 Å². The van der Waals surface area contributed by atoms with Gasteiger partial charge >= 0.3 is 0 Å². The number of hydrogen-bond acceptors (Lipinski definition) is 4. The quantitative estimate of drug-likeness (QED) is 0.592. The molecule has 6 nitrogen and oxygen atoms in total. The Balaban J connectivity index is 1.30. The van der Waals surface area contributed by atoms with E-state index in [-0.39, 0.29) is 5.92 Å². The van der Waals surface area contributed by atoms with Gasteiger partial charge in [-0.15, -0.1) is 0 Å². The smallest absolute Gasteiger partial charge is 0.191 e. The maximum Gasteiger partial charge on any atom is 0.191 e. The highest BCUT2D eigenvalue weighted by Gasteiger charge is 2.29. The number of nitrogens with zero attached hydrogens (tertiary/aromatic N) is 2. The highest BCUT2D eigenvalue weighted by atomic mass is 32.2. The van der Waals surface area contributed by atoms with Crippen LogP contribution in [0.4, 0.5) is 5.69 Å². The van der Waals surface area contributed by atoms with Crippen LogP contribution >= 0.6 is 0 Å². The summed E-state index contributed by atoms with van der Waals surface area (Å²) in [5.41, 5.74) is 1.29. The summed E-state index contributed by atoms with van der Waals surface area (Å²) in [4.78, 5) is 7.18. The zero-order valence-corrected chi connectivity index (χ0v) is 16.6. The molecule has 3 fully saturated rings. The molecule has 0 radical (unpaired) electrons. The van der Waals surface area contributed by atoms with Gasteiger partial charge in [-0.25, -0.2) is 8.42 Å². The third-order valence-corrected chi connectivity index (χ3v) is 7.55. The lowest BCUT2D eigenvalue weighted by Gasteiger charge is -2.34. The maximum absolute atomic E-state index is 11.7. The molecule has 1 aromatic carbocycles. The lowest BCUT2D eigenvalue weighted by molar-refractivity contribution is 0.460. The summed E-state index contributed by atoms with van der Waals surface area (Å²) in [5, 5.41) is 7.11. The maximum atomic E-state index is 11.7. The van der Waals surface area contributed by atoms with E-state index in [4.69, 9.17) is 4.99 Å². The number of guanidine groups is 1. The molecule has 0 spiro atoms. The minimum atomic E-state index is -2.83. The summed E-state index contributed by atoms with van der Waals surface area (Å²) in [6, 6.07) is 11.5. The Morgan fingerprint density at radius 2 is 1.67 bits per heavy atom. The van der Waals surface area contributed by atoms with Gasteiger partial charge in [-0.05, 0) is 50.2 Å². The first-order valence-corrected chi connectivity index (χ1v) is 12.0. The van der Waals surface area contributed by atoms with E-state index in [9.17, 15) is 8.42 Å². The Hall–Kier alpha value is -1.76. The number of aliphatic imine (C=N–C) groups is 1. The summed E-state index contributed by atoms with van der Waals surface area (Å²) < 4.78 is 23.3. The zero-order chi connectivity index (χ0) is 18.7. The molecule has 1 aromatic rings. The molecule has 27 heavy (non-hydrogen) atoms. The second kappa shape index (κ2) is 8.09. The summed E-state index contributed by atoms with van der Waals surface area (Å²) in [6.45, 7) is 2.68. The van der Waals surface area contributed by atoms with Crippen molar-refractivity contribution < 1.29 is 8.42 Å². The number of sulfone groups is 1. The van der Waals surface area contributed by atoms with Crippen LogP contribution in [-0.2, 0) is 9.84 Å². The molecule has 2 aliphatic heterocycles. The third kappa shape index (κ3) is 5.37. The third-order valence-electron chi connectivity index (χ3n) is 5.71. The Labute approximate surface area is 162 Å². The molecule has 1 aliphatic carbocycles. The zero-order valence-electron chi connectivity index (χ0n) is 15.8. The molecule has 4 rings (SSSR count). The van der Waals surface area contributed by atoms with Gasteiger partial charge in [0.25, 0.3) is 0 Å². The van der Waals surface area contributed by atoms with Gasteiger partial charge in [-0.2, -0.15) is 0 Å². The van der Waals surface area contributed by atoms with Crippen LogP contribution in [0.3, 0.4) is 0 Å². The molecule has 0 aromatic heterocycles. The molecule has 148 valence electrons. The monoisotopic (exact) mass is 390 g/mol. The van der Waals surface area contributed by atoms with Crippen molar-refractivity contribution in [2.45, 2.75) is 44.2 Å². The van der Waals surface area contributed by atoms with Crippen LogP contribution < -0.4 is 15.5 Å². The fourth-order valence-corrected chi connectivity index (χ4v) is 5.75. The van der Waals surface area contributed by atoms with Gasteiger partial charge in [0.2, 0.25) is 0 Å². The van der Waals surface area contributed by atoms with Crippen LogP contribution in [0.5, 0.6) is 0 Å². The van der Waals surface area contributed by atoms with Gasteiger partial charge in [0, 0.05) is 37.4 Å². The van der Waals surface area contributed by atoms with Gasteiger partial charge in [-0.1, -0.05) is 18.2 Å². The van der Waals surface area contributed by atoms with Crippen LogP contribution in [0, 0.1) is 5.92 Å². The molecule has 2 N–H and O–H groups in total. The lowest BCUT2D eigenvalue weighted by Crippen LogP contribution is -2.49. The van der Waals surface area contributed by atoms with E-state index < -0.39 is 9.84 Å². The normalized spacial score (nSPS) is 26.1. The molecule has 1 atom stereocenters. The van der Waals surface area contributed by atoms with Gasteiger partial charge in [0.05, 0.1) is 11.5 Å². The number of para-hydroxylation sites is 1. The number of anilines is 1. The minimum absolute atomic E-state index is 0.174. The molecule has 7 heteroatoms. The summed E-state index contributed by atoms with van der Waals surface area (Å²) >= 11 is 0. The average Bonchev–Trinajstić information content (AvgIpc) is 3.42. The van der Waals surface area contributed by atoms with Crippen molar-refractivity contribution in [1.29, 1.82) is 0 Å². The molecule has 0 bridgehead atoms. The molecule has 2 heterocycles. The first kappa shape index (κ1) is 18.6. The predicted octanol–water partition coefficient (Wildman–Crippen LogP) is 1.79. The summed E-state index contributed by atoms with van der Waals surface area (Å²) in [6.07, 6.45) is 5.31. The Bertz CT molecular complexity index is 753. The van der Waals surface area contributed by atoms with E-state index in [1.54, 1.807) is 0 Å². The molecule has 1 unspecified atom stereocenters. The molecule has 1 saturated carbocycles. The topological polar surface area (TPSA) is 73.8 Å². The van der Waals surface area contributed by atoms with Crippen molar-refractivity contribution in [1.82, 2.24) is 10.6 Å². The second-order valence-electron chi connectivity index (χ2n) is 8.12. The lowest BCUT2D eigenvalue weighted by atomic mass is 10.0. The van der Waals surface area contributed by atoms with Crippen LogP contribution in [-0.4, -0.2) is 57.6 Å². The fraction of sp³-hybridized carbons (Fsp3) is 0.650. The van der Waals surface area contributed by atoms with E-state index in [0.29, 0.717) is 30.1 Å². The van der Waals surface area contributed by atoms with E-state index in [1.807, 2.05) is 0 Å². The standard InChI is InChI=1S/C20H30N4O2S/c25-27(26)13-10-16(15-27)14-21-20(22-17-6-7-17)23-18-8-11-24(12-9-18)19-4-2-1-3-5-19/h1-5,16-18H,6-15H2,(H2,21,22,23). The fourth-order valence-electron chi connectivity index (χ4n) is 3.90. The van der Waals surface area contributed by atoms with E-state index in [0.717, 1.165) is 38.3 Å². The molecule has 3 aliphatic rings. The largest absolute Gasteiger partial charge is 0.371 e. The van der Waals surface area contributed by atoms with E-state index in [1.165, 1.54) is 18.5 Å². The number of nitrogens with one attached hydrogen (secondary N) is 2. The predicted molar refractivity (Wildman–Crippen MR) is 110 cm³/mol. The Morgan fingerprint density at radius 3 is 2.26 bits per heavy atom. The first-order chi connectivity index (χ1) is 13.1. The molecular weight excluding hydrogens is 360 g/mol. The number of benzene rings is 1. The van der Waals surface area contributed by atoms with Gasteiger partial charge in [0.1, 0.15) is 0 Å². The minimum Gasteiger partial charge on any atom is -0.371 e. The summed E-state index contributed by atoms with van der Waals surface area (Å²) in [7, 11) is -2.83. The molecular formula is C20H30N4O2S. The van der Waals surface area contributed by atoms with Gasteiger partial charge in [0.15, 0.2) is 15.8 Å². The van der Waals surface area contributed by atoms with E-state index in [2.05, 4.69) is 45.9 Å².